The van der Waals surface area contributed by atoms with Crippen molar-refractivity contribution in [3.63, 3.8) is 0 Å². The number of carbonyl (C=O) groups excluding carboxylic acids is 1. The summed E-state index contributed by atoms with van der Waals surface area (Å²) >= 11 is 1.71. The number of ketones is 1. The molecule has 3 atom stereocenters. The molecule has 0 radical (unpaired) electrons. The minimum Gasteiger partial charge on any atom is -0.316 e. The summed E-state index contributed by atoms with van der Waals surface area (Å²) in [5.74, 6) is 1.52. The summed E-state index contributed by atoms with van der Waals surface area (Å²) in [6, 6.07) is 15.3. The van der Waals surface area contributed by atoms with Crippen molar-refractivity contribution in [2.24, 2.45) is 11.3 Å². The van der Waals surface area contributed by atoms with Crippen LogP contribution in [0.5, 0.6) is 0 Å². The first-order chi connectivity index (χ1) is 15.8. The van der Waals surface area contributed by atoms with E-state index in [0.717, 1.165) is 18.7 Å². The van der Waals surface area contributed by atoms with Crippen molar-refractivity contribution >= 4 is 17.5 Å². The van der Waals surface area contributed by atoms with Gasteiger partial charge in [0.1, 0.15) is 0 Å². The Morgan fingerprint density at radius 3 is 2.58 bits per heavy atom. The number of nitrogens with one attached hydrogen (secondary N) is 1. The lowest BCUT2D eigenvalue weighted by atomic mass is 9.49. The van der Waals surface area contributed by atoms with Crippen LogP contribution in [0.25, 0.3) is 0 Å². The predicted octanol–water partition coefficient (Wildman–Crippen LogP) is 7.40. The molecule has 178 valence electrons. The van der Waals surface area contributed by atoms with Gasteiger partial charge in [0.2, 0.25) is 0 Å². The van der Waals surface area contributed by atoms with Gasteiger partial charge in [-0.25, -0.2) is 0 Å². The molecule has 2 aliphatic rings. The first-order valence-electron chi connectivity index (χ1n) is 12.8. The van der Waals surface area contributed by atoms with E-state index in [9.17, 15) is 4.79 Å². The smallest absolute Gasteiger partial charge is 0.164 e. The van der Waals surface area contributed by atoms with Crippen LogP contribution in [0.3, 0.4) is 0 Å². The third-order valence-electron chi connectivity index (χ3n) is 8.64. The Morgan fingerprint density at radius 1 is 1.12 bits per heavy atom. The van der Waals surface area contributed by atoms with Gasteiger partial charge in [0.15, 0.2) is 5.78 Å². The molecule has 1 fully saturated rings. The number of aryl methyl sites for hydroxylation is 1. The Kier molecular flexibility index (Phi) is 7.41. The molecule has 2 aliphatic carbocycles. The van der Waals surface area contributed by atoms with E-state index in [4.69, 9.17) is 0 Å². The van der Waals surface area contributed by atoms with Crippen LogP contribution in [-0.2, 0) is 11.8 Å². The normalized spacial score (nSPS) is 26.7. The first kappa shape index (κ1) is 24.5. The van der Waals surface area contributed by atoms with Crippen LogP contribution < -0.4 is 5.32 Å². The highest BCUT2D eigenvalue weighted by atomic mass is 32.2. The molecule has 0 bridgehead atoms. The third-order valence-corrected chi connectivity index (χ3v) is 9.38. The van der Waals surface area contributed by atoms with E-state index in [1.807, 2.05) is 24.3 Å². The Hall–Kier alpha value is -1.58. The summed E-state index contributed by atoms with van der Waals surface area (Å²) in [7, 11) is 0. The summed E-state index contributed by atoms with van der Waals surface area (Å²) in [4.78, 5) is 13.8. The SMILES string of the molecule is CSc1ccc(C(=O)CCNC[C@]2(C)CCC[C@]3(C)c4ccc(C(C)C)cc4CC[C@@H]23)cc1. The third kappa shape index (κ3) is 4.95. The minimum absolute atomic E-state index is 0.237. The second kappa shape index (κ2) is 9.96. The van der Waals surface area contributed by atoms with E-state index in [0.29, 0.717) is 18.3 Å². The van der Waals surface area contributed by atoms with Crippen molar-refractivity contribution < 1.29 is 4.79 Å². The van der Waals surface area contributed by atoms with Crippen molar-refractivity contribution in [1.82, 2.24) is 5.32 Å². The van der Waals surface area contributed by atoms with Gasteiger partial charge in [0, 0.05) is 30.0 Å². The fourth-order valence-corrected chi connectivity index (χ4v) is 7.12. The maximum Gasteiger partial charge on any atom is 0.164 e. The molecule has 0 saturated heterocycles. The van der Waals surface area contributed by atoms with Crippen molar-refractivity contribution in [1.29, 1.82) is 0 Å². The number of rotatable bonds is 8. The van der Waals surface area contributed by atoms with E-state index in [-0.39, 0.29) is 16.6 Å². The number of thioether (sulfide) groups is 1. The molecule has 0 spiro atoms. The molecule has 1 saturated carbocycles. The summed E-state index contributed by atoms with van der Waals surface area (Å²) in [5, 5.41) is 3.69. The van der Waals surface area contributed by atoms with E-state index in [2.05, 4.69) is 57.5 Å². The maximum absolute atomic E-state index is 12.6. The minimum atomic E-state index is 0.237. The van der Waals surface area contributed by atoms with Crippen LogP contribution in [0.2, 0.25) is 0 Å². The number of Topliss-reactive ketones (excluding diaryl/α,β-unsaturated/α-hetero) is 1. The van der Waals surface area contributed by atoms with Crippen LogP contribution >= 0.6 is 11.8 Å². The molecule has 0 aliphatic heterocycles. The molecule has 1 N–H and O–H groups in total. The van der Waals surface area contributed by atoms with Crippen molar-refractivity contribution in [3.05, 3.63) is 64.7 Å². The number of benzene rings is 2. The van der Waals surface area contributed by atoms with Gasteiger partial charge in [-0.05, 0) is 83.4 Å². The van der Waals surface area contributed by atoms with Crippen LogP contribution in [-0.4, -0.2) is 25.1 Å². The summed E-state index contributed by atoms with van der Waals surface area (Å²) < 4.78 is 0. The van der Waals surface area contributed by atoms with Gasteiger partial charge in [-0.15, -0.1) is 11.8 Å². The van der Waals surface area contributed by atoms with Crippen molar-refractivity contribution in [3.8, 4) is 0 Å². The summed E-state index contributed by atoms with van der Waals surface area (Å²) in [5.41, 5.74) is 6.06. The van der Waals surface area contributed by atoms with E-state index >= 15 is 0 Å². The first-order valence-corrected chi connectivity index (χ1v) is 14.0. The van der Waals surface area contributed by atoms with Gasteiger partial charge in [0.05, 0.1) is 0 Å². The molecular formula is C30H41NOS. The molecular weight excluding hydrogens is 422 g/mol. The summed E-state index contributed by atoms with van der Waals surface area (Å²) in [6.07, 6.45) is 8.98. The standard InChI is InChI=1S/C30H41NOS/c1-21(2)23-9-13-26-24(19-23)10-14-28-29(3,16-6-17-30(26,28)4)20-31-18-15-27(32)22-7-11-25(33-5)12-8-22/h7-9,11-13,19,21,28,31H,6,10,14-18,20H2,1-5H3/t28-,29-,30+/m0/s1. The van der Waals surface area contributed by atoms with Crippen molar-refractivity contribution in [2.75, 3.05) is 19.3 Å². The van der Waals surface area contributed by atoms with Gasteiger partial charge in [-0.3, -0.25) is 4.79 Å². The zero-order valence-electron chi connectivity index (χ0n) is 21.2. The molecule has 4 rings (SSSR count). The zero-order chi connectivity index (χ0) is 23.6. The molecule has 2 aromatic carbocycles. The Bertz CT molecular complexity index is 981. The van der Waals surface area contributed by atoms with Gasteiger partial charge in [-0.1, -0.05) is 64.4 Å². The lowest BCUT2D eigenvalue weighted by molar-refractivity contribution is 0.0260. The molecule has 0 aromatic heterocycles. The second-order valence-corrected chi connectivity index (χ2v) is 12.0. The number of hydrogen-bond acceptors (Lipinski definition) is 3. The predicted molar refractivity (Wildman–Crippen MR) is 142 cm³/mol. The van der Waals surface area contributed by atoms with Gasteiger partial charge < -0.3 is 5.32 Å². The largest absolute Gasteiger partial charge is 0.316 e. The molecule has 0 heterocycles. The highest BCUT2D eigenvalue weighted by Gasteiger charge is 2.51. The second-order valence-electron chi connectivity index (χ2n) is 11.2. The highest BCUT2D eigenvalue weighted by molar-refractivity contribution is 7.98. The van der Waals surface area contributed by atoms with Crippen LogP contribution in [0.15, 0.2) is 47.4 Å². The van der Waals surface area contributed by atoms with Gasteiger partial charge in [-0.2, -0.15) is 0 Å². The molecule has 2 nitrogen and oxygen atoms in total. The Morgan fingerprint density at radius 2 is 1.88 bits per heavy atom. The summed E-state index contributed by atoms with van der Waals surface area (Å²) in [6.45, 7) is 11.4. The van der Waals surface area contributed by atoms with Gasteiger partial charge >= 0.3 is 0 Å². The monoisotopic (exact) mass is 463 g/mol. The fourth-order valence-electron chi connectivity index (χ4n) is 6.71. The zero-order valence-corrected chi connectivity index (χ0v) is 22.0. The molecule has 33 heavy (non-hydrogen) atoms. The van der Waals surface area contributed by atoms with Crippen LogP contribution in [0, 0.1) is 11.3 Å². The quantitative estimate of drug-likeness (QED) is 0.251. The number of carbonyl (C=O) groups is 1. The maximum atomic E-state index is 12.6. The number of fused-ring (bicyclic) bond motifs is 3. The molecule has 0 amide bonds. The average Bonchev–Trinajstić information content (AvgIpc) is 2.81. The highest BCUT2D eigenvalue weighted by Crippen LogP contribution is 2.57. The topological polar surface area (TPSA) is 29.1 Å². The number of hydrogen-bond donors (Lipinski definition) is 1. The van der Waals surface area contributed by atoms with Crippen molar-refractivity contribution in [2.45, 2.75) is 82.4 Å². The fraction of sp³-hybridized carbons (Fsp3) is 0.567. The van der Waals surface area contributed by atoms with E-state index < -0.39 is 0 Å². The molecule has 2 aromatic rings. The van der Waals surface area contributed by atoms with E-state index in [1.165, 1.54) is 42.6 Å². The van der Waals surface area contributed by atoms with E-state index in [1.54, 1.807) is 22.9 Å². The Balaban J connectivity index is 1.40. The molecule has 0 unspecified atom stereocenters. The average molecular weight is 464 g/mol. The van der Waals surface area contributed by atoms with Crippen LogP contribution in [0.4, 0.5) is 0 Å². The Labute approximate surface area is 205 Å². The van der Waals surface area contributed by atoms with Crippen LogP contribution in [0.1, 0.15) is 92.8 Å². The lowest BCUT2D eigenvalue weighted by Gasteiger charge is -2.55. The van der Waals surface area contributed by atoms with Gasteiger partial charge in [0.25, 0.3) is 0 Å². The lowest BCUT2D eigenvalue weighted by Crippen LogP contribution is -2.52. The molecule has 3 heteroatoms.